The topological polar surface area (TPSA) is 37.3 Å². The SMILES string of the molecule is CC(C)(C)C1(C(=O)O)CC1c1ccc(F)cc1. The summed E-state index contributed by atoms with van der Waals surface area (Å²) >= 11 is 0. The van der Waals surface area contributed by atoms with Crippen LogP contribution in [0.2, 0.25) is 0 Å². The molecular formula is C14H17FO2. The molecule has 0 saturated heterocycles. The highest BCUT2D eigenvalue weighted by atomic mass is 19.1. The third kappa shape index (κ3) is 1.74. The second kappa shape index (κ2) is 3.56. The molecule has 0 aromatic heterocycles. The number of aliphatic carboxylic acids is 1. The van der Waals surface area contributed by atoms with Gasteiger partial charge in [0.1, 0.15) is 5.82 Å². The Morgan fingerprint density at radius 2 is 1.88 bits per heavy atom. The Kier molecular flexibility index (Phi) is 2.53. The molecule has 0 spiro atoms. The lowest BCUT2D eigenvalue weighted by atomic mass is 9.75. The van der Waals surface area contributed by atoms with E-state index in [1.54, 1.807) is 12.1 Å². The first-order valence-electron chi connectivity index (χ1n) is 5.78. The van der Waals surface area contributed by atoms with Crippen molar-refractivity contribution in [1.82, 2.24) is 0 Å². The number of carbonyl (C=O) groups is 1. The van der Waals surface area contributed by atoms with Crippen molar-refractivity contribution in [2.75, 3.05) is 0 Å². The van der Waals surface area contributed by atoms with Crippen LogP contribution in [-0.4, -0.2) is 11.1 Å². The van der Waals surface area contributed by atoms with Crippen LogP contribution < -0.4 is 0 Å². The highest BCUT2D eigenvalue weighted by Gasteiger charge is 2.66. The number of halogens is 1. The summed E-state index contributed by atoms with van der Waals surface area (Å²) < 4.78 is 12.8. The number of carboxylic acids is 1. The predicted molar refractivity (Wildman–Crippen MR) is 63.3 cm³/mol. The van der Waals surface area contributed by atoms with Gasteiger partial charge in [-0.3, -0.25) is 4.79 Å². The summed E-state index contributed by atoms with van der Waals surface area (Å²) in [4.78, 5) is 11.5. The number of hydrogen-bond acceptors (Lipinski definition) is 1. The zero-order valence-electron chi connectivity index (χ0n) is 10.3. The smallest absolute Gasteiger partial charge is 0.310 e. The highest BCUT2D eigenvalue weighted by Crippen LogP contribution is 2.68. The van der Waals surface area contributed by atoms with Crippen LogP contribution in [0.15, 0.2) is 24.3 Å². The summed E-state index contributed by atoms with van der Waals surface area (Å²) in [5, 5.41) is 9.45. The molecule has 0 aliphatic heterocycles. The van der Waals surface area contributed by atoms with E-state index in [0.29, 0.717) is 6.42 Å². The molecule has 2 nitrogen and oxygen atoms in total. The maximum atomic E-state index is 12.8. The van der Waals surface area contributed by atoms with Gasteiger partial charge < -0.3 is 5.11 Å². The Balaban J connectivity index is 2.33. The molecule has 0 amide bonds. The molecule has 17 heavy (non-hydrogen) atoms. The second-order valence-electron chi connectivity index (χ2n) is 5.83. The average molecular weight is 236 g/mol. The van der Waals surface area contributed by atoms with Gasteiger partial charge in [-0.15, -0.1) is 0 Å². The fourth-order valence-electron chi connectivity index (χ4n) is 2.75. The van der Waals surface area contributed by atoms with E-state index in [4.69, 9.17) is 0 Å². The van der Waals surface area contributed by atoms with Crippen LogP contribution in [-0.2, 0) is 4.79 Å². The molecule has 0 bridgehead atoms. The normalized spacial score (nSPS) is 27.9. The molecule has 1 saturated carbocycles. The molecule has 1 fully saturated rings. The average Bonchev–Trinajstić information content (AvgIpc) is 2.94. The summed E-state index contributed by atoms with van der Waals surface area (Å²) in [5.74, 6) is -1.04. The van der Waals surface area contributed by atoms with E-state index in [9.17, 15) is 14.3 Å². The third-order valence-corrected chi connectivity index (χ3v) is 3.95. The molecule has 2 rings (SSSR count). The van der Waals surface area contributed by atoms with Gasteiger partial charge in [0.05, 0.1) is 5.41 Å². The minimum Gasteiger partial charge on any atom is -0.481 e. The molecule has 1 aliphatic carbocycles. The summed E-state index contributed by atoms with van der Waals surface area (Å²) in [6.07, 6.45) is 0.636. The van der Waals surface area contributed by atoms with Crippen molar-refractivity contribution in [2.24, 2.45) is 10.8 Å². The molecule has 1 N–H and O–H groups in total. The van der Waals surface area contributed by atoms with Crippen LogP contribution in [0.25, 0.3) is 0 Å². The van der Waals surface area contributed by atoms with Gasteiger partial charge in [-0.05, 0) is 29.5 Å². The lowest BCUT2D eigenvalue weighted by Crippen LogP contribution is -2.32. The van der Waals surface area contributed by atoms with Gasteiger partial charge in [0.15, 0.2) is 0 Å². The molecular weight excluding hydrogens is 219 g/mol. The molecule has 92 valence electrons. The zero-order chi connectivity index (χ0) is 12.8. The van der Waals surface area contributed by atoms with Gasteiger partial charge in [-0.1, -0.05) is 32.9 Å². The lowest BCUT2D eigenvalue weighted by molar-refractivity contribution is -0.148. The van der Waals surface area contributed by atoms with Crippen molar-refractivity contribution in [3.05, 3.63) is 35.6 Å². The molecule has 1 aromatic rings. The van der Waals surface area contributed by atoms with E-state index in [0.717, 1.165) is 5.56 Å². The molecule has 2 unspecified atom stereocenters. The summed E-state index contributed by atoms with van der Waals surface area (Å²) in [7, 11) is 0. The van der Waals surface area contributed by atoms with Crippen LogP contribution in [0, 0.1) is 16.6 Å². The van der Waals surface area contributed by atoms with Crippen LogP contribution in [0.3, 0.4) is 0 Å². The monoisotopic (exact) mass is 236 g/mol. The van der Waals surface area contributed by atoms with E-state index < -0.39 is 11.4 Å². The number of hydrogen-bond donors (Lipinski definition) is 1. The Hall–Kier alpha value is -1.38. The number of rotatable bonds is 2. The second-order valence-corrected chi connectivity index (χ2v) is 5.83. The molecule has 1 aliphatic rings. The molecule has 1 aromatic carbocycles. The maximum Gasteiger partial charge on any atom is 0.310 e. The predicted octanol–water partition coefficient (Wildman–Crippen LogP) is 3.43. The van der Waals surface area contributed by atoms with Crippen LogP contribution in [0.5, 0.6) is 0 Å². The van der Waals surface area contributed by atoms with Crippen molar-refractivity contribution in [1.29, 1.82) is 0 Å². The minimum absolute atomic E-state index is 0.000556. The fourth-order valence-corrected chi connectivity index (χ4v) is 2.75. The first-order chi connectivity index (χ1) is 7.79. The quantitative estimate of drug-likeness (QED) is 0.854. The Labute approximate surface area is 100 Å². The first-order valence-corrected chi connectivity index (χ1v) is 5.78. The minimum atomic E-state index is -0.751. The summed E-state index contributed by atoms with van der Waals surface area (Å²) in [6, 6.07) is 6.17. The largest absolute Gasteiger partial charge is 0.481 e. The Morgan fingerprint density at radius 3 is 2.24 bits per heavy atom. The number of benzene rings is 1. The van der Waals surface area contributed by atoms with Crippen LogP contribution in [0.1, 0.15) is 38.7 Å². The van der Waals surface area contributed by atoms with Gasteiger partial charge >= 0.3 is 5.97 Å². The molecule has 3 heteroatoms. The fraction of sp³-hybridized carbons (Fsp3) is 0.500. The highest BCUT2D eigenvalue weighted by molar-refractivity contribution is 5.81. The third-order valence-electron chi connectivity index (χ3n) is 3.95. The van der Waals surface area contributed by atoms with Crippen LogP contribution in [0.4, 0.5) is 4.39 Å². The van der Waals surface area contributed by atoms with E-state index >= 15 is 0 Å². The van der Waals surface area contributed by atoms with E-state index in [-0.39, 0.29) is 17.2 Å². The van der Waals surface area contributed by atoms with E-state index in [2.05, 4.69) is 0 Å². The van der Waals surface area contributed by atoms with Crippen molar-refractivity contribution in [3.63, 3.8) is 0 Å². The van der Waals surface area contributed by atoms with Gasteiger partial charge in [-0.2, -0.15) is 0 Å². The van der Waals surface area contributed by atoms with Crippen molar-refractivity contribution < 1.29 is 14.3 Å². The number of carboxylic acid groups (broad SMARTS) is 1. The first kappa shape index (κ1) is 12.1. The van der Waals surface area contributed by atoms with Gasteiger partial charge in [0.2, 0.25) is 0 Å². The van der Waals surface area contributed by atoms with Crippen molar-refractivity contribution >= 4 is 5.97 Å². The molecule has 0 heterocycles. The Bertz CT molecular complexity index is 444. The molecule has 2 atom stereocenters. The zero-order valence-corrected chi connectivity index (χ0v) is 10.3. The Morgan fingerprint density at radius 1 is 1.35 bits per heavy atom. The summed E-state index contributed by atoms with van der Waals surface area (Å²) in [5.41, 5.74) is -0.0772. The van der Waals surface area contributed by atoms with Crippen molar-refractivity contribution in [3.8, 4) is 0 Å². The van der Waals surface area contributed by atoms with Gasteiger partial charge in [0.25, 0.3) is 0 Å². The van der Waals surface area contributed by atoms with Gasteiger partial charge in [-0.25, -0.2) is 4.39 Å². The maximum absolute atomic E-state index is 12.8. The van der Waals surface area contributed by atoms with Crippen LogP contribution >= 0.6 is 0 Å². The standard InChI is InChI=1S/C14H17FO2/c1-13(2,3)14(12(16)17)8-11(14)9-4-6-10(15)7-5-9/h4-7,11H,8H2,1-3H3,(H,16,17). The lowest BCUT2D eigenvalue weighted by Gasteiger charge is -2.28. The van der Waals surface area contributed by atoms with E-state index in [1.807, 2.05) is 20.8 Å². The molecule has 0 radical (unpaired) electrons. The summed E-state index contributed by atoms with van der Waals surface area (Å²) in [6.45, 7) is 5.85. The van der Waals surface area contributed by atoms with E-state index in [1.165, 1.54) is 12.1 Å². The van der Waals surface area contributed by atoms with Crippen molar-refractivity contribution in [2.45, 2.75) is 33.1 Å². The van der Waals surface area contributed by atoms with Gasteiger partial charge in [0, 0.05) is 5.92 Å².